The maximum atomic E-state index is 6.32. The quantitative estimate of drug-likeness (QED) is 0.603. The molecule has 3 aromatic rings. The largest absolute Gasteiger partial charge is 0.248 e. The van der Waals surface area contributed by atoms with Crippen molar-refractivity contribution >= 4 is 22.5 Å². The van der Waals surface area contributed by atoms with E-state index in [0.717, 1.165) is 27.2 Å². The van der Waals surface area contributed by atoms with Crippen LogP contribution in [-0.2, 0) is 0 Å². The Morgan fingerprint density at radius 1 is 0.944 bits per heavy atom. The number of fused-ring (bicyclic) bond motifs is 1. The Bertz CT molecular complexity index is 705. The number of halogens is 1. The molecule has 3 rings (SSSR count). The van der Waals surface area contributed by atoms with Crippen molar-refractivity contribution in [1.82, 2.24) is 4.98 Å². The van der Waals surface area contributed by atoms with E-state index >= 15 is 0 Å². The van der Waals surface area contributed by atoms with Gasteiger partial charge in [-0.3, -0.25) is 0 Å². The average molecular weight is 254 g/mol. The second kappa shape index (κ2) is 4.43. The van der Waals surface area contributed by atoms with Gasteiger partial charge in [0.1, 0.15) is 0 Å². The van der Waals surface area contributed by atoms with Gasteiger partial charge in [-0.2, -0.15) is 0 Å². The van der Waals surface area contributed by atoms with Crippen molar-refractivity contribution in [3.63, 3.8) is 0 Å². The lowest BCUT2D eigenvalue weighted by atomic mass is 10.1. The highest BCUT2D eigenvalue weighted by Crippen LogP contribution is 2.28. The molecule has 0 saturated carbocycles. The van der Waals surface area contributed by atoms with Crippen LogP contribution in [0.4, 0.5) is 0 Å². The van der Waals surface area contributed by atoms with Gasteiger partial charge in [0.25, 0.3) is 0 Å². The van der Waals surface area contributed by atoms with Gasteiger partial charge in [-0.25, -0.2) is 4.98 Å². The van der Waals surface area contributed by atoms with Crippen molar-refractivity contribution in [2.75, 3.05) is 0 Å². The smallest absolute Gasteiger partial charge is 0.0727 e. The molecule has 0 saturated heterocycles. The molecular weight excluding hydrogens is 242 g/mol. The first-order valence-electron chi connectivity index (χ1n) is 5.86. The van der Waals surface area contributed by atoms with Crippen molar-refractivity contribution in [3.8, 4) is 11.3 Å². The fourth-order valence-corrected chi connectivity index (χ4v) is 2.32. The minimum Gasteiger partial charge on any atom is -0.248 e. The summed E-state index contributed by atoms with van der Waals surface area (Å²) in [6.45, 7) is 2.06. The number of nitrogens with zero attached hydrogens (tertiary/aromatic N) is 1. The maximum Gasteiger partial charge on any atom is 0.0727 e. The monoisotopic (exact) mass is 253 g/mol. The lowest BCUT2D eigenvalue weighted by molar-refractivity contribution is 1.38. The van der Waals surface area contributed by atoms with Crippen molar-refractivity contribution < 1.29 is 0 Å². The van der Waals surface area contributed by atoms with E-state index in [4.69, 9.17) is 11.6 Å². The van der Waals surface area contributed by atoms with Gasteiger partial charge in [-0.1, -0.05) is 54.1 Å². The molecule has 0 radical (unpaired) electrons. The Kier molecular flexibility index (Phi) is 2.77. The molecule has 0 bridgehead atoms. The van der Waals surface area contributed by atoms with Crippen LogP contribution in [0, 0.1) is 6.92 Å². The first-order chi connectivity index (χ1) is 8.74. The second-order valence-electron chi connectivity index (χ2n) is 4.38. The topological polar surface area (TPSA) is 12.9 Å². The van der Waals surface area contributed by atoms with Crippen LogP contribution in [0.1, 0.15) is 5.56 Å². The first-order valence-corrected chi connectivity index (χ1v) is 6.24. The Morgan fingerprint density at radius 2 is 1.72 bits per heavy atom. The lowest BCUT2D eigenvalue weighted by Crippen LogP contribution is -1.87. The van der Waals surface area contributed by atoms with Crippen molar-refractivity contribution in [2.45, 2.75) is 6.92 Å². The van der Waals surface area contributed by atoms with Crippen molar-refractivity contribution in [3.05, 3.63) is 65.2 Å². The summed E-state index contributed by atoms with van der Waals surface area (Å²) in [6, 6.07) is 18.2. The molecule has 2 aromatic carbocycles. The highest BCUT2D eigenvalue weighted by atomic mass is 35.5. The van der Waals surface area contributed by atoms with E-state index in [1.807, 2.05) is 42.5 Å². The Morgan fingerprint density at radius 3 is 2.50 bits per heavy atom. The van der Waals surface area contributed by atoms with Gasteiger partial charge < -0.3 is 0 Å². The molecule has 0 amide bonds. The van der Waals surface area contributed by atoms with Crippen LogP contribution in [-0.4, -0.2) is 4.98 Å². The zero-order chi connectivity index (χ0) is 12.5. The molecule has 0 spiro atoms. The normalized spacial score (nSPS) is 10.8. The van der Waals surface area contributed by atoms with E-state index in [0.29, 0.717) is 0 Å². The summed E-state index contributed by atoms with van der Waals surface area (Å²) < 4.78 is 0. The predicted octanol–water partition coefficient (Wildman–Crippen LogP) is 4.86. The number of pyridine rings is 1. The van der Waals surface area contributed by atoms with Crippen LogP contribution >= 0.6 is 11.6 Å². The zero-order valence-electron chi connectivity index (χ0n) is 10.0. The fraction of sp³-hybridized carbons (Fsp3) is 0.0625. The summed E-state index contributed by atoms with van der Waals surface area (Å²) in [4.78, 5) is 4.68. The van der Waals surface area contributed by atoms with Crippen molar-refractivity contribution in [1.29, 1.82) is 0 Å². The van der Waals surface area contributed by atoms with Crippen LogP contribution < -0.4 is 0 Å². The summed E-state index contributed by atoms with van der Waals surface area (Å²) in [5.41, 5.74) is 4.14. The summed E-state index contributed by atoms with van der Waals surface area (Å²) in [6.07, 6.45) is 0. The Hall–Kier alpha value is -1.86. The standard InChI is InChI=1S/C16H12ClN/c1-11-7-8-13-14(17)10-15(18-16(13)9-11)12-5-3-2-4-6-12/h2-10H,1H3. The van der Waals surface area contributed by atoms with E-state index in [9.17, 15) is 0 Å². The van der Waals surface area contributed by atoms with E-state index in [2.05, 4.69) is 24.0 Å². The van der Waals surface area contributed by atoms with Gasteiger partial charge in [0.05, 0.1) is 16.2 Å². The molecule has 0 N–H and O–H groups in total. The summed E-state index contributed by atoms with van der Waals surface area (Å²) in [5.74, 6) is 0. The molecule has 0 aliphatic heterocycles. The molecule has 88 valence electrons. The fourth-order valence-electron chi connectivity index (χ4n) is 2.05. The number of aromatic nitrogens is 1. The number of aryl methyl sites for hydroxylation is 1. The molecule has 0 unspecified atom stereocenters. The summed E-state index contributed by atoms with van der Waals surface area (Å²) >= 11 is 6.32. The maximum absolute atomic E-state index is 6.32. The third-order valence-electron chi connectivity index (χ3n) is 2.98. The van der Waals surface area contributed by atoms with Gasteiger partial charge >= 0.3 is 0 Å². The number of hydrogen-bond donors (Lipinski definition) is 0. The van der Waals surface area contributed by atoms with Gasteiger partial charge in [-0.15, -0.1) is 0 Å². The highest BCUT2D eigenvalue weighted by molar-refractivity contribution is 6.35. The van der Waals surface area contributed by atoms with Crippen LogP contribution in [0.3, 0.4) is 0 Å². The average Bonchev–Trinajstić information content (AvgIpc) is 2.39. The molecule has 0 fully saturated rings. The Labute approximate surface area is 111 Å². The number of rotatable bonds is 1. The molecule has 18 heavy (non-hydrogen) atoms. The third kappa shape index (κ3) is 1.98. The van der Waals surface area contributed by atoms with Crippen molar-refractivity contribution in [2.24, 2.45) is 0 Å². The summed E-state index contributed by atoms with van der Waals surface area (Å²) in [5, 5.41) is 1.75. The minimum atomic E-state index is 0.749. The highest BCUT2D eigenvalue weighted by Gasteiger charge is 2.05. The lowest BCUT2D eigenvalue weighted by Gasteiger charge is -2.06. The van der Waals surface area contributed by atoms with Gasteiger partial charge in [0, 0.05) is 10.9 Å². The second-order valence-corrected chi connectivity index (χ2v) is 4.78. The molecule has 1 heterocycles. The minimum absolute atomic E-state index is 0.749. The molecule has 0 atom stereocenters. The van der Waals surface area contributed by atoms with Gasteiger partial charge in [0.15, 0.2) is 0 Å². The van der Waals surface area contributed by atoms with Crippen LogP contribution in [0.5, 0.6) is 0 Å². The SMILES string of the molecule is Cc1ccc2c(Cl)cc(-c3ccccc3)nc2c1. The van der Waals surface area contributed by atoms with E-state index < -0.39 is 0 Å². The van der Waals surface area contributed by atoms with Crippen LogP contribution in [0.15, 0.2) is 54.6 Å². The predicted molar refractivity (Wildman–Crippen MR) is 76.9 cm³/mol. The molecule has 1 nitrogen and oxygen atoms in total. The number of benzene rings is 2. The summed E-state index contributed by atoms with van der Waals surface area (Å²) in [7, 11) is 0. The van der Waals surface area contributed by atoms with E-state index in [1.54, 1.807) is 0 Å². The third-order valence-corrected chi connectivity index (χ3v) is 3.30. The van der Waals surface area contributed by atoms with Gasteiger partial charge in [0.2, 0.25) is 0 Å². The molecule has 0 aliphatic carbocycles. The zero-order valence-corrected chi connectivity index (χ0v) is 10.8. The molecule has 1 aromatic heterocycles. The van der Waals surface area contributed by atoms with E-state index in [1.165, 1.54) is 5.56 Å². The van der Waals surface area contributed by atoms with Crippen LogP contribution in [0.2, 0.25) is 5.02 Å². The first kappa shape index (κ1) is 11.2. The molecule has 2 heteroatoms. The number of hydrogen-bond acceptors (Lipinski definition) is 1. The molecular formula is C16H12ClN. The van der Waals surface area contributed by atoms with Gasteiger partial charge in [-0.05, 0) is 24.6 Å². The Balaban J connectivity index is 2.27. The van der Waals surface area contributed by atoms with E-state index in [-0.39, 0.29) is 0 Å². The molecule has 0 aliphatic rings. The van der Waals surface area contributed by atoms with Crippen LogP contribution in [0.25, 0.3) is 22.2 Å².